The standard InChI is InChI=1S/C22H24N4O5/c1-28-15-8-6-14(7-9-15)20-24-21(31-25-20)18-5-4-12-26(18)22(27)23-17-11-10-16(29-2)13-19(17)30-3/h6-11,13,18H,4-5,12H2,1-3H3,(H,23,27)/t18-/m0/s1. The van der Waals surface area contributed by atoms with Gasteiger partial charge in [0.1, 0.15) is 23.3 Å². The van der Waals surface area contributed by atoms with Crippen LogP contribution in [0.2, 0.25) is 0 Å². The Balaban J connectivity index is 1.50. The van der Waals surface area contributed by atoms with E-state index in [-0.39, 0.29) is 12.1 Å². The third-order valence-corrected chi connectivity index (χ3v) is 5.24. The zero-order valence-corrected chi connectivity index (χ0v) is 17.6. The van der Waals surface area contributed by atoms with Gasteiger partial charge in [0.05, 0.1) is 27.0 Å². The molecule has 1 aromatic heterocycles. The fourth-order valence-corrected chi connectivity index (χ4v) is 3.58. The number of likely N-dealkylation sites (tertiary alicyclic amines) is 1. The van der Waals surface area contributed by atoms with Crippen LogP contribution in [0.3, 0.4) is 0 Å². The van der Waals surface area contributed by atoms with E-state index in [0.717, 1.165) is 24.2 Å². The van der Waals surface area contributed by atoms with Crippen molar-refractivity contribution >= 4 is 11.7 Å². The lowest BCUT2D eigenvalue weighted by Gasteiger charge is -2.23. The molecule has 3 aromatic rings. The Bertz CT molecular complexity index is 1050. The van der Waals surface area contributed by atoms with Crippen LogP contribution in [0.25, 0.3) is 11.4 Å². The van der Waals surface area contributed by atoms with E-state index in [1.54, 1.807) is 44.4 Å². The van der Waals surface area contributed by atoms with Gasteiger partial charge in [-0.2, -0.15) is 4.98 Å². The number of anilines is 1. The molecule has 31 heavy (non-hydrogen) atoms. The van der Waals surface area contributed by atoms with E-state index in [4.69, 9.17) is 18.7 Å². The summed E-state index contributed by atoms with van der Waals surface area (Å²) in [5.74, 6) is 2.80. The second-order valence-corrected chi connectivity index (χ2v) is 7.03. The Morgan fingerprint density at radius 3 is 2.52 bits per heavy atom. The van der Waals surface area contributed by atoms with E-state index >= 15 is 0 Å². The molecule has 1 saturated heterocycles. The third-order valence-electron chi connectivity index (χ3n) is 5.24. The first-order valence-corrected chi connectivity index (χ1v) is 9.90. The minimum absolute atomic E-state index is 0.254. The Morgan fingerprint density at radius 1 is 1.06 bits per heavy atom. The van der Waals surface area contributed by atoms with E-state index in [2.05, 4.69) is 15.5 Å². The topological polar surface area (TPSA) is 99.0 Å². The van der Waals surface area contributed by atoms with Crippen LogP contribution in [-0.4, -0.2) is 48.9 Å². The zero-order chi connectivity index (χ0) is 21.8. The van der Waals surface area contributed by atoms with Crippen LogP contribution in [-0.2, 0) is 0 Å². The monoisotopic (exact) mass is 424 g/mol. The predicted octanol–water partition coefficient (Wildman–Crippen LogP) is 4.13. The van der Waals surface area contributed by atoms with E-state index in [9.17, 15) is 4.79 Å². The lowest BCUT2D eigenvalue weighted by molar-refractivity contribution is 0.193. The number of aromatic nitrogens is 2. The lowest BCUT2D eigenvalue weighted by Crippen LogP contribution is -2.34. The number of carbonyl (C=O) groups is 1. The van der Waals surface area contributed by atoms with E-state index in [0.29, 0.717) is 35.4 Å². The first-order valence-electron chi connectivity index (χ1n) is 9.90. The molecule has 1 aliphatic rings. The Morgan fingerprint density at radius 2 is 1.81 bits per heavy atom. The second kappa shape index (κ2) is 8.95. The van der Waals surface area contributed by atoms with E-state index in [1.165, 1.54) is 0 Å². The van der Waals surface area contributed by atoms with Crippen LogP contribution in [0, 0.1) is 0 Å². The molecule has 2 amide bonds. The molecule has 162 valence electrons. The van der Waals surface area contributed by atoms with Gasteiger partial charge in [-0.3, -0.25) is 0 Å². The number of carbonyl (C=O) groups excluding carboxylic acids is 1. The summed E-state index contributed by atoms with van der Waals surface area (Å²) in [4.78, 5) is 19.2. The highest BCUT2D eigenvalue weighted by molar-refractivity contribution is 5.91. The first kappa shape index (κ1) is 20.5. The molecule has 1 N–H and O–H groups in total. The Hall–Kier alpha value is -3.75. The van der Waals surface area contributed by atoms with Gasteiger partial charge in [0.25, 0.3) is 0 Å². The van der Waals surface area contributed by atoms with E-state index < -0.39 is 0 Å². The van der Waals surface area contributed by atoms with Crippen LogP contribution >= 0.6 is 0 Å². The first-order chi connectivity index (χ1) is 15.1. The van der Waals surface area contributed by atoms with Crippen molar-refractivity contribution in [3.8, 4) is 28.6 Å². The number of ether oxygens (including phenoxy) is 3. The van der Waals surface area contributed by atoms with Crippen LogP contribution < -0.4 is 19.5 Å². The second-order valence-electron chi connectivity index (χ2n) is 7.03. The van der Waals surface area contributed by atoms with Gasteiger partial charge in [-0.1, -0.05) is 5.16 Å². The maximum atomic E-state index is 13.0. The molecule has 0 saturated carbocycles. The van der Waals surface area contributed by atoms with Crippen molar-refractivity contribution in [1.82, 2.24) is 15.0 Å². The number of nitrogens with zero attached hydrogens (tertiary/aromatic N) is 3. The van der Waals surface area contributed by atoms with Crippen LogP contribution in [0.1, 0.15) is 24.8 Å². The number of urea groups is 1. The van der Waals surface area contributed by atoms with Crippen molar-refractivity contribution in [3.63, 3.8) is 0 Å². The molecule has 0 unspecified atom stereocenters. The summed E-state index contributed by atoms with van der Waals surface area (Å²) >= 11 is 0. The summed E-state index contributed by atoms with van der Waals surface area (Å²) in [6.45, 7) is 0.592. The predicted molar refractivity (Wildman–Crippen MR) is 114 cm³/mol. The summed E-state index contributed by atoms with van der Waals surface area (Å²) in [5, 5.41) is 7.00. The largest absolute Gasteiger partial charge is 0.497 e. The zero-order valence-electron chi connectivity index (χ0n) is 17.6. The van der Waals surface area contributed by atoms with Gasteiger partial charge in [-0.25, -0.2) is 4.79 Å². The highest BCUT2D eigenvalue weighted by atomic mass is 16.5. The van der Waals surface area contributed by atoms with Gasteiger partial charge < -0.3 is 29.0 Å². The van der Waals surface area contributed by atoms with Gasteiger partial charge in [0.15, 0.2) is 0 Å². The average Bonchev–Trinajstić information content (AvgIpc) is 3.49. The molecule has 2 heterocycles. The Kier molecular flexibility index (Phi) is 5.92. The summed E-state index contributed by atoms with van der Waals surface area (Å²) in [6, 6.07) is 12.1. The normalized spacial score (nSPS) is 15.6. The van der Waals surface area contributed by atoms with Gasteiger partial charge in [-0.15, -0.1) is 0 Å². The quantitative estimate of drug-likeness (QED) is 0.635. The third kappa shape index (κ3) is 4.25. The van der Waals surface area contributed by atoms with Gasteiger partial charge >= 0.3 is 6.03 Å². The maximum absolute atomic E-state index is 13.0. The van der Waals surface area contributed by atoms with E-state index in [1.807, 2.05) is 24.3 Å². The molecule has 1 fully saturated rings. The van der Waals surface area contributed by atoms with Gasteiger partial charge in [0, 0.05) is 18.2 Å². The van der Waals surface area contributed by atoms with Crippen LogP contribution in [0.5, 0.6) is 17.2 Å². The highest BCUT2D eigenvalue weighted by Gasteiger charge is 2.34. The minimum Gasteiger partial charge on any atom is -0.497 e. The van der Waals surface area contributed by atoms with Crippen molar-refractivity contribution in [2.24, 2.45) is 0 Å². The number of nitrogens with one attached hydrogen (secondary N) is 1. The van der Waals surface area contributed by atoms with Crippen molar-refractivity contribution in [3.05, 3.63) is 48.4 Å². The lowest BCUT2D eigenvalue weighted by atomic mass is 10.2. The van der Waals surface area contributed by atoms with Crippen molar-refractivity contribution in [2.75, 3.05) is 33.2 Å². The number of hydrogen-bond acceptors (Lipinski definition) is 7. The summed E-state index contributed by atoms with van der Waals surface area (Å²) < 4.78 is 21.3. The molecule has 1 atom stereocenters. The summed E-state index contributed by atoms with van der Waals surface area (Å²) in [7, 11) is 4.73. The number of benzene rings is 2. The Labute approximate surface area is 179 Å². The van der Waals surface area contributed by atoms with Crippen molar-refractivity contribution < 1.29 is 23.5 Å². The van der Waals surface area contributed by atoms with Crippen molar-refractivity contribution in [2.45, 2.75) is 18.9 Å². The number of hydrogen-bond donors (Lipinski definition) is 1. The number of amides is 2. The smallest absolute Gasteiger partial charge is 0.322 e. The molecule has 2 aromatic carbocycles. The van der Waals surface area contributed by atoms with Gasteiger partial charge in [-0.05, 0) is 49.2 Å². The molecule has 1 aliphatic heterocycles. The molecule has 9 nitrogen and oxygen atoms in total. The molecule has 0 radical (unpaired) electrons. The SMILES string of the molecule is COc1ccc(-c2noc([C@@H]3CCCN3C(=O)Nc3ccc(OC)cc3OC)n2)cc1. The van der Waals surface area contributed by atoms with Crippen LogP contribution in [0.4, 0.5) is 10.5 Å². The maximum Gasteiger partial charge on any atom is 0.322 e. The highest BCUT2D eigenvalue weighted by Crippen LogP contribution is 2.34. The number of methoxy groups -OCH3 is 3. The molecule has 9 heteroatoms. The van der Waals surface area contributed by atoms with Crippen molar-refractivity contribution in [1.29, 1.82) is 0 Å². The average molecular weight is 424 g/mol. The minimum atomic E-state index is -0.288. The fourth-order valence-electron chi connectivity index (χ4n) is 3.58. The number of rotatable bonds is 6. The molecule has 4 rings (SSSR count). The summed E-state index contributed by atoms with van der Waals surface area (Å²) in [5.41, 5.74) is 1.37. The van der Waals surface area contributed by atoms with Gasteiger partial charge in [0.2, 0.25) is 11.7 Å². The van der Waals surface area contributed by atoms with Crippen LogP contribution in [0.15, 0.2) is 47.0 Å². The molecule has 0 bridgehead atoms. The molecular formula is C22H24N4O5. The fraction of sp³-hybridized carbons (Fsp3) is 0.318. The molecule has 0 spiro atoms. The molecular weight excluding hydrogens is 400 g/mol. The summed E-state index contributed by atoms with van der Waals surface area (Å²) in [6.07, 6.45) is 1.59. The molecule has 0 aliphatic carbocycles.